The van der Waals surface area contributed by atoms with E-state index in [9.17, 15) is 32.1 Å². The summed E-state index contributed by atoms with van der Waals surface area (Å²) in [5.41, 5.74) is -1.74. The Hall–Kier alpha value is -3.12. The van der Waals surface area contributed by atoms with Gasteiger partial charge in [-0.2, -0.15) is 13.2 Å². The van der Waals surface area contributed by atoms with Gasteiger partial charge < -0.3 is 19.9 Å². The van der Waals surface area contributed by atoms with E-state index >= 15 is 0 Å². The first-order valence-corrected chi connectivity index (χ1v) is 12.9. The first kappa shape index (κ1) is 29.1. The Bertz CT molecular complexity index is 1090. The molecule has 2 rings (SSSR count). The molecule has 0 unspecified atom stereocenters. The smallest absolute Gasteiger partial charge is 0.416 e. The van der Waals surface area contributed by atoms with Gasteiger partial charge in [0.15, 0.2) is 5.60 Å². The fraction of sp³-hybridized carbons (Fsp3) is 0.417. The normalized spacial score (nSPS) is 15.7. The SMILES string of the molecule is C[C@@](O)(CC[S@](=N)(=O)CC[C@H](NC(=O)OCc1ccccc1)C(=O)OCc1ccccc1)C(F)(F)F. The number of benzene rings is 2. The summed E-state index contributed by atoms with van der Waals surface area (Å²) in [6.45, 7) is 0.346. The van der Waals surface area contributed by atoms with Crippen molar-refractivity contribution in [2.75, 3.05) is 11.5 Å². The van der Waals surface area contributed by atoms with Crippen LogP contribution in [0.15, 0.2) is 60.7 Å². The molecule has 0 aliphatic heterocycles. The molecular formula is C24H29F3N2O6S. The van der Waals surface area contributed by atoms with Crippen LogP contribution in [-0.4, -0.2) is 50.7 Å². The highest BCUT2D eigenvalue weighted by Gasteiger charge is 2.49. The van der Waals surface area contributed by atoms with Gasteiger partial charge in [0.05, 0.1) is 0 Å². The van der Waals surface area contributed by atoms with Crippen LogP contribution in [0.1, 0.15) is 30.9 Å². The zero-order valence-corrected chi connectivity index (χ0v) is 20.4. The molecule has 0 aliphatic rings. The van der Waals surface area contributed by atoms with Crippen molar-refractivity contribution in [1.29, 1.82) is 4.78 Å². The molecule has 8 nitrogen and oxygen atoms in total. The molecule has 0 heterocycles. The maximum Gasteiger partial charge on any atom is 0.416 e. The predicted octanol–water partition coefficient (Wildman–Crippen LogP) is 4.17. The molecule has 0 bridgehead atoms. The Kier molecular flexibility index (Phi) is 10.3. The van der Waals surface area contributed by atoms with Gasteiger partial charge in [-0.1, -0.05) is 60.7 Å². The van der Waals surface area contributed by atoms with Crippen LogP contribution in [-0.2, 0) is 37.2 Å². The summed E-state index contributed by atoms with van der Waals surface area (Å²) in [7, 11) is -3.62. The van der Waals surface area contributed by atoms with E-state index in [1.54, 1.807) is 60.7 Å². The molecule has 0 radical (unpaired) electrons. The summed E-state index contributed by atoms with van der Waals surface area (Å²) in [5.74, 6) is -2.14. The highest BCUT2D eigenvalue weighted by Crippen LogP contribution is 2.33. The summed E-state index contributed by atoms with van der Waals surface area (Å²) in [6, 6.07) is 16.1. The minimum absolute atomic E-state index is 0.0832. The average molecular weight is 531 g/mol. The summed E-state index contributed by atoms with van der Waals surface area (Å²) in [4.78, 5) is 24.9. The Labute approximate surface area is 207 Å². The van der Waals surface area contributed by atoms with Gasteiger partial charge in [0.2, 0.25) is 0 Å². The molecule has 2 aromatic carbocycles. The lowest BCUT2D eigenvalue weighted by atomic mass is 10.0. The fourth-order valence-corrected chi connectivity index (χ4v) is 4.45. The van der Waals surface area contributed by atoms with Crippen molar-refractivity contribution in [3.63, 3.8) is 0 Å². The first-order chi connectivity index (χ1) is 16.8. The third-order valence-electron chi connectivity index (χ3n) is 5.28. The Morgan fingerprint density at radius 2 is 1.47 bits per heavy atom. The number of nitrogens with one attached hydrogen (secondary N) is 2. The number of alkyl halides is 3. The van der Waals surface area contributed by atoms with Crippen LogP contribution in [0.25, 0.3) is 0 Å². The van der Waals surface area contributed by atoms with Crippen molar-refractivity contribution < 1.29 is 41.5 Å². The summed E-state index contributed by atoms with van der Waals surface area (Å²) < 4.78 is 69.4. The lowest BCUT2D eigenvalue weighted by Gasteiger charge is -2.26. The Balaban J connectivity index is 2.01. The van der Waals surface area contributed by atoms with Gasteiger partial charge in [0.1, 0.15) is 19.3 Å². The predicted molar refractivity (Wildman–Crippen MR) is 126 cm³/mol. The van der Waals surface area contributed by atoms with Crippen LogP contribution >= 0.6 is 0 Å². The minimum Gasteiger partial charge on any atom is -0.459 e. The van der Waals surface area contributed by atoms with Crippen LogP contribution in [0.4, 0.5) is 18.0 Å². The number of halogens is 3. The zero-order valence-electron chi connectivity index (χ0n) is 19.6. The van der Waals surface area contributed by atoms with Crippen molar-refractivity contribution >= 4 is 21.8 Å². The van der Waals surface area contributed by atoms with E-state index in [-0.39, 0.29) is 19.6 Å². The van der Waals surface area contributed by atoms with Gasteiger partial charge in [-0.25, -0.2) is 13.8 Å². The highest BCUT2D eigenvalue weighted by molar-refractivity contribution is 7.92. The molecule has 0 spiro atoms. The summed E-state index contributed by atoms with van der Waals surface area (Å²) in [6.07, 6.45) is -7.20. The number of rotatable bonds is 12. The van der Waals surface area contributed by atoms with Gasteiger partial charge in [-0.05, 0) is 30.9 Å². The van der Waals surface area contributed by atoms with E-state index < -0.39 is 57.5 Å². The number of aliphatic hydroxyl groups is 1. The second-order valence-corrected chi connectivity index (χ2v) is 10.8. The second kappa shape index (κ2) is 12.7. The number of amides is 1. The molecule has 0 saturated carbocycles. The zero-order chi connectivity index (χ0) is 26.8. The Morgan fingerprint density at radius 1 is 0.972 bits per heavy atom. The lowest BCUT2D eigenvalue weighted by Crippen LogP contribution is -2.44. The third-order valence-corrected chi connectivity index (χ3v) is 7.04. The largest absolute Gasteiger partial charge is 0.459 e. The van der Waals surface area contributed by atoms with Crippen molar-refractivity contribution in [3.05, 3.63) is 71.8 Å². The van der Waals surface area contributed by atoms with Crippen molar-refractivity contribution in [3.8, 4) is 0 Å². The monoisotopic (exact) mass is 530 g/mol. The number of ether oxygens (including phenoxy) is 2. The molecular weight excluding hydrogens is 501 g/mol. The van der Waals surface area contributed by atoms with E-state index in [1.165, 1.54) is 0 Å². The number of alkyl carbamates (subject to hydrolysis) is 1. The van der Waals surface area contributed by atoms with Crippen molar-refractivity contribution in [2.45, 2.75) is 50.8 Å². The van der Waals surface area contributed by atoms with E-state index in [0.717, 1.165) is 0 Å². The van der Waals surface area contributed by atoms with Crippen LogP contribution in [0.5, 0.6) is 0 Å². The van der Waals surface area contributed by atoms with Crippen LogP contribution in [0.2, 0.25) is 0 Å². The maximum atomic E-state index is 12.9. The molecule has 0 aliphatic carbocycles. The molecule has 0 aromatic heterocycles. The van der Waals surface area contributed by atoms with Crippen molar-refractivity contribution in [1.82, 2.24) is 5.32 Å². The molecule has 12 heteroatoms. The number of hydrogen-bond donors (Lipinski definition) is 3. The summed E-state index contributed by atoms with van der Waals surface area (Å²) in [5, 5.41) is 11.9. The first-order valence-electron chi connectivity index (χ1n) is 11.0. The van der Waals surface area contributed by atoms with E-state index in [0.29, 0.717) is 18.1 Å². The quantitative estimate of drug-likeness (QED) is 0.354. The Morgan fingerprint density at radius 3 is 1.97 bits per heavy atom. The average Bonchev–Trinajstić information content (AvgIpc) is 2.83. The molecule has 0 fully saturated rings. The van der Waals surface area contributed by atoms with E-state index in [1.807, 2.05) is 0 Å². The van der Waals surface area contributed by atoms with E-state index in [4.69, 9.17) is 14.3 Å². The number of hydrogen-bond acceptors (Lipinski definition) is 7. The van der Waals surface area contributed by atoms with Gasteiger partial charge in [-0.15, -0.1) is 0 Å². The van der Waals surface area contributed by atoms with Crippen LogP contribution in [0, 0.1) is 4.78 Å². The molecule has 0 saturated heterocycles. The minimum atomic E-state index is -4.95. The molecule has 2 aromatic rings. The molecule has 198 valence electrons. The van der Waals surface area contributed by atoms with E-state index in [2.05, 4.69) is 5.32 Å². The second-order valence-electron chi connectivity index (χ2n) is 8.38. The van der Waals surface area contributed by atoms with Crippen LogP contribution in [0.3, 0.4) is 0 Å². The van der Waals surface area contributed by atoms with Gasteiger partial charge >= 0.3 is 18.2 Å². The number of esters is 1. The van der Waals surface area contributed by atoms with Gasteiger partial charge in [0, 0.05) is 21.2 Å². The van der Waals surface area contributed by atoms with Gasteiger partial charge in [-0.3, -0.25) is 4.78 Å². The molecule has 3 N–H and O–H groups in total. The third kappa shape index (κ3) is 9.86. The molecule has 3 atom stereocenters. The van der Waals surface area contributed by atoms with Gasteiger partial charge in [0.25, 0.3) is 0 Å². The lowest BCUT2D eigenvalue weighted by molar-refractivity contribution is -0.253. The van der Waals surface area contributed by atoms with Crippen LogP contribution < -0.4 is 5.32 Å². The number of carbonyl (C=O) groups is 2. The molecule has 1 amide bonds. The standard InChI is InChI=1S/C24H29F3N2O6S/c1-23(32,24(25,26)27)13-15-36(28,33)14-12-20(21(30)34-16-18-8-4-2-5-9-18)29-22(31)35-17-19-10-6-3-7-11-19/h2-11,20,28,32H,12-17H2,1H3,(H,29,31)/t20-,23+,36+/m0/s1. The number of carbonyl (C=O) groups excluding carboxylic acids is 2. The van der Waals surface area contributed by atoms with Crippen molar-refractivity contribution in [2.24, 2.45) is 0 Å². The highest BCUT2D eigenvalue weighted by atomic mass is 32.2. The topological polar surface area (TPSA) is 126 Å². The fourth-order valence-electron chi connectivity index (χ4n) is 2.90. The maximum absolute atomic E-state index is 12.9. The molecule has 36 heavy (non-hydrogen) atoms. The summed E-state index contributed by atoms with van der Waals surface area (Å²) >= 11 is 0.